The molecule has 0 radical (unpaired) electrons. The van der Waals surface area contributed by atoms with Gasteiger partial charge in [0.15, 0.2) is 16.1 Å². The number of sulfone groups is 1. The van der Waals surface area contributed by atoms with E-state index in [1.807, 2.05) is 0 Å². The molecule has 6 heteroatoms. The zero-order chi connectivity index (χ0) is 10.9. The molecule has 0 aromatic carbocycles. The first-order chi connectivity index (χ1) is 7.12. The molecule has 0 saturated carbocycles. The van der Waals surface area contributed by atoms with Crippen molar-refractivity contribution in [3.8, 4) is 0 Å². The third-order valence-corrected chi connectivity index (χ3v) is 5.72. The van der Waals surface area contributed by atoms with Crippen LogP contribution in [0.4, 0.5) is 0 Å². The van der Waals surface area contributed by atoms with Crippen molar-refractivity contribution < 1.29 is 13.2 Å². The molecular weight excluding hydrogens is 234 g/mol. The Kier molecular flexibility index (Phi) is 2.88. The van der Waals surface area contributed by atoms with Crippen LogP contribution in [0.2, 0.25) is 0 Å². The Hall–Kier alpha value is -0.750. The van der Waals surface area contributed by atoms with Crippen LogP contribution in [0.15, 0.2) is 5.38 Å². The van der Waals surface area contributed by atoms with E-state index in [4.69, 9.17) is 0 Å². The minimum atomic E-state index is -2.90. The van der Waals surface area contributed by atoms with E-state index in [0.29, 0.717) is 24.2 Å². The molecule has 2 heterocycles. The largest absolute Gasteiger partial charge is 0.296 e. The van der Waals surface area contributed by atoms with Crippen LogP contribution in [-0.2, 0) is 16.3 Å². The number of rotatable bonds is 3. The summed E-state index contributed by atoms with van der Waals surface area (Å²) in [5, 5.41) is 2.11. The van der Waals surface area contributed by atoms with Gasteiger partial charge in [-0.2, -0.15) is 0 Å². The minimum absolute atomic E-state index is 0.289. The highest BCUT2D eigenvalue weighted by atomic mass is 32.2. The first-order valence-electron chi connectivity index (χ1n) is 4.73. The van der Waals surface area contributed by atoms with Crippen LogP contribution in [0.1, 0.15) is 28.3 Å². The zero-order valence-corrected chi connectivity index (χ0v) is 9.68. The molecule has 15 heavy (non-hydrogen) atoms. The molecule has 2 rings (SSSR count). The highest BCUT2D eigenvalue weighted by molar-refractivity contribution is 7.92. The molecule has 1 saturated heterocycles. The molecule has 82 valence electrons. The van der Waals surface area contributed by atoms with Crippen molar-refractivity contribution in [1.29, 1.82) is 0 Å². The molecule has 4 nitrogen and oxygen atoms in total. The van der Waals surface area contributed by atoms with Gasteiger partial charge in [0.2, 0.25) is 0 Å². The van der Waals surface area contributed by atoms with Gasteiger partial charge in [-0.3, -0.25) is 4.79 Å². The van der Waals surface area contributed by atoms with Crippen molar-refractivity contribution >= 4 is 27.5 Å². The van der Waals surface area contributed by atoms with Gasteiger partial charge in [-0.05, 0) is 12.8 Å². The van der Waals surface area contributed by atoms with E-state index in [-0.39, 0.29) is 5.25 Å². The maximum absolute atomic E-state index is 11.5. The fourth-order valence-electron chi connectivity index (χ4n) is 1.76. The second-order valence-electron chi connectivity index (χ2n) is 3.62. The second kappa shape index (κ2) is 4.02. The van der Waals surface area contributed by atoms with Crippen molar-refractivity contribution in [3.05, 3.63) is 16.1 Å². The summed E-state index contributed by atoms with van der Waals surface area (Å²) in [6.07, 6.45) is 2.61. The smallest absolute Gasteiger partial charge is 0.169 e. The molecule has 1 aromatic rings. The average molecular weight is 245 g/mol. The predicted octanol–water partition coefficient (Wildman–Crippen LogP) is 1.08. The maximum atomic E-state index is 11.5. The Labute approximate surface area is 92.3 Å². The van der Waals surface area contributed by atoms with Gasteiger partial charge >= 0.3 is 0 Å². The van der Waals surface area contributed by atoms with Gasteiger partial charge in [0.05, 0.1) is 16.0 Å². The van der Waals surface area contributed by atoms with Crippen LogP contribution in [0.3, 0.4) is 0 Å². The topological polar surface area (TPSA) is 64.1 Å². The number of carbonyl (C=O) groups excluding carboxylic acids is 1. The first-order valence-corrected chi connectivity index (χ1v) is 7.32. The van der Waals surface area contributed by atoms with Gasteiger partial charge in [-0.15, -0.1) is 11.3 Å². The zero-order valence-electron chi connectivity index (χ0n) is 8.05. The Balaban J connectivity index is 2.12. The summed E-state index contributed by atoms with van der Waals surface area (Å²) in [6.45, 7) is 0. The van der Waals surface area contributed by atoms with Gasteiger partial charge in [0, 0.05) is 11.8 Å². The van der Waals surface area contributed by atoms with Crippen molar-refractivity contribution in [2.24, 2.45) is 0 Å². The molecule has 0 amide bonds. The number of nitrogens with zero attached hydrogens (tertiary/aromatic N) is 1. The van der Waals surface area contributed by atoms with Crippen LogP contribution in [0, 0.1) is 0 Å². The lowest BCUT2D eigenvalue weighted by Crippen LogP contribution is -2.18. The van der Waals surface area contributed by atoms with E-state index >= 15 is 0 Å². The maximum Gasteiger partial charge on any atom is 0.169 e. The molecule has 1 fully saturated rings. The van der Waals surface area contributed by atoms with E-state index in [0.717, 1.165) is 17.8 Å². The molecule has 1 aliphatic rings. The van der Waals surface area contributed by atoms with Crippen LogP contribution in [-0.4, -0.2) is 30.7 Å². The Morgan fingerprint density at radius 2 is 2.40 bits per heavy atom. The number of hydrogen-bond acceptors (Lipinski definition) is 5. The highest BCUT2D eigenvalue weighted by Gasteiger charge is 2.31. The van der Waals surface area contributed by atoms with Crippen molar-refractivity contribution in [2.75, 3.05) is 5.75 Å². The quantitative estimate of drug-likeness (QED) is 0.747. The van der Waals surface area contributed by atoms with Crippen molar-refractivity contribution in [1.82, 2.24) is 4.98 Å². The summed E-state index contributed by atoms with van der Waals surface area (Å²) < 4.78 is 23.1. The van der Waals surface area contributed by atoms with Gasteiger partial charge in [-0.1, -0.05) is 0 Å². The number of thiazole rings is 1. The Morgan fingerprint density at radius 3 is 2.93 bits per heavy atom. The summed E-state index contributed by atoms with van der Waals surface area (Å²) in [7, 11) is -2.90. The van der Waals surface area contributed by atoms with E-state index in [1.165, 1.54) is 11.3 Å². The Bertz CT molecular complexity index is 463. The van der Waals surface area contributed by atoms with Crippen molar-refractivity contribution in [2.45, 2.75) is 24.5 Å². The van der Waals surface area contributed by atoms with Crippen LogP contribution in [0.5, 0.6) is 0 Å². The summed E-state index contributed by atoms with van der Waals surface area (Å²) in [4.78, 5) is 14.5. The average Bonchev–Trinajstić information content (AvgIpc) is 2.75. The van der Waals surface area contributed by atoms with Crippen LogP contribution >= 0.6 is 11.3 Å². The van der Waals surface area contributed by atoms with E-state index in [2.05, 4.69) is 4.98 Å². The predicted molar refractivity (Wildman–Crippen MR) is 58.0 cm³/mol. The number of aldehydes is 1. The lowest BCUT2D eigenvalue weighted by molar-refractivity contribution is 0.111. The monoisotopic (exact) mass is 245 g/mol. The third-order valence-electron chi connectivity index (χ3n) is 2.56. The summed E-state index contributed by atoms with van der Waals surface area (Å²) in [5.41, 5.74) is 0.394. The summed E-state index contributed by atoms with van der Waals surface area (Å²) >= 11 is 1.35. The van der Waals surface area contributed by atoms with E-state index in [9.17, 15) is 13.2 Å². The number of carbonyl (C=O) groups is 1. The minimum Gasteiger partial charge on any atom is -0.296 e. The normalized spacial score (nSPS) is 24.1. The third kappa shape index (κ3) is 2.26. The molecule has 0 spiro atoms. The number of hydrogen-bond donors (Lipinski definition) is 0. The molecule has 1 atom stereocenters. The fraction of sp³-hybridized carbons (Fsp3) is 0.556. The van der Waals surface area contributed by atoms with Gasteiger partial charge < -0.3 is 0 Å². The first kappa shape index (κ1) is 10.8. The number of aromatic nitrogens is 1. The standard InChI is InChI=1S/C9H11NO3S2/c11-5-7-6-14-9(10-7)4-8-2-1-3-15(8,12)13/h5-6,8H,1-4H2. The highest BCUT2D eigenvalue weighted by Crippen LogP contribution is 2.24. The van der Waals surface area contributed by atoms with Gasteiger partial charge in [-0.25, -0.2) is 13.4 Å². The molecule has 1 aromatic heterocycles. The molecule has 1 aliphatic heterocycles. The SMILES string of the molecule is O=Cc1csc(CC2CCCS2(=O)=O)n1. The molecule has 0 aliphatic carbocycles. The molecule has 0 N–H and O–H groups in total. The molecule has 1 unspecified atom stereocenters. The second-order valence-corrected chi connectivity index (χ2v) is 6.96. The van der Waals surface area contributed by atoms with E-state index < -0.39 is 9.84 Å². The van der Waals surface area contributed by atoms with Crippen LogP contribution < -0.4 is 0 Å². The lowest BCUT2D eigenvalue weighted by Gasteiger charge is -2.05. The summed E-state index contributed by atoms with van der Waals surface area (Å²) in [5.74, 6) is 0.295. The lowest BCUT2D eigenvalue weighted by atomic mass is 10.2. The molecular formula is C9H11NO3S2. The van der Waals surface area contributed by atoms with Gasteiger partial charge in [0.25, 0.3) is 0 Å². The van der Waals surface area contributed by atoms with E-state index in [1.54, 1.807) is 5.38 Å². The fourth-order valence-corrected chi connectivity index (χ4v) is 4.52. The van der Waals surface area contributed by atoms with Gasteiger partial charge in [0.1, 0.15) is 5.69 Å². The summed E-state index contributed by atoms with van der Waals surface area (Å²) in [6, 6.07) is 0. The Morgan fingerprint density at radius 1 is 1.60 bits per heavy atom. The van der Waals surface area contributed by atoms with Crippen molar-refractivity contribution in [3.63, 3.8) is 0 Å². The molecule has 0 bridgehead atoms. The van der Waals surface area contributed by atoms with Crippen LogP contribution in [0.25, 0.3) is 0 Å².